The van der Waals surface area contributed by atoms with E-state index in [2.05, 4.69) is 15.1 Å². The molecule has 0 spiro atoms. The Bertz CT molecular complexity index is 673. The van der Waals surface area contributed by atoms with E-state index >= 15 is 0 Å². The van der Waals surface area contributed by atoms with Crippen molar-refractivity contribution in [3.05, 3.63) is 30.4 Å². The Morgan fingerprint density at radius 2 is 2.33 bits per heavy atom. The van der Waals surface area contributed by atoms with E-state index in [-0.39, 0.29) is 17.9 Å². The predicted octanol–water partition coefficient (Wildman–Crippen LogP) is 1.68. The fraction of sp³-hybridized carbons (Fsp3) is 0.529. The van der Waals surface area contributed by atoms with Crippen LogP contribution in [0.1, 0.15) is 31.6 Å². The van der Waals surface area contributed by atoms with Crippen molar-refractivity contribution in [2.45, 2.75) is 38.2 Å². The summed E-state index contributed by atoms with van der Waals surface area (Å²) in [5.41, 5.74) is 0.783. The third kappa shape index (κ3) is 3.97. The number of rotatable bonds is 6. The average Bonchev–Trinajstić information content (AvgIpc) is 3.23. The van der Waals surface area contributed by atoms with Gasteiger partial charge in [0.25, 0.3) is 0 Å². The summed E-state index contributed by atoms with van der Waals surface area (Å²) >= 11 is 0. The molecule has 3 rings (SSSR count). The Kier molecular flexibility index (Phi) is 5.20. The first-order valence-electron chi connectivity index (χ1n) is 8.28. The third-order valence-electron chi connectivity index (χ3n) is 4.49. The monoisotopic (exact) mass is 330 g/mol. The summed E-state index contributed by atoms with van der Waals surface area (Å²) in [5.74, 6) is 1.14. The number of aliphatic hydroxyl groups is 1. The quantitative estimate of drug-likeness (QED) is 0.866. The molecule has 1 aliphatic rings. The number of aromatic nitrogens is 3. The lowest BCUT2D eigenvalue weighted by Gasteiger charge is -2.23. The van der Waals surface area contributed by atoms with Crippen LogP contribution in [-0.2, 0) is 11.2 Å². The van der Waals surface area contributed by atoms with Gasteiger partial charge in [0.2, 0.25) is 17.6 Å². The van der Waals surface area contributed by atoms with E-state index in [0.29, 0.717) is 31.1 Å². The molecule has 2 unspecified atom stereocenters. The second kappa shape index (κ2) is 7.53. The maximum Gasteiger partial charge on any atom is 0.227 e. The van der Waals surface area contributed by atoms with Crippen LogP contribution in [0.25, 0.3) is 11.4 Å². The number of nitrogens with zero attached hydrogens (tertiary/aromatic N) is 4. The molecule has 24 heavy (non-hydrogen) atoms. The zero-order valence-corrected chi connectivity index (χ0v) is 13.8. The van der Waals surface area contributed by atoms with E-state index in [4.69, 9.17) is 4.52 Å². The minimum Gasteiger partial charge on any atom is -0.393 e. The Labute approximate surface area is 140 Å². The number of pyridine rings is 1. The highest BCUT2D eigenvalue weighted by atomic mass is 16.5. The summed E-state index contributed by atoms with van der Waals surface area (Å²) in [6.07, 6.45) is 6.65. The normalized spacial score (nSPS) is 20.2. The molecule has 1 aliphatic carbocycles. The molecule has 1 amide bonds. The molecular weight excluding hydrogens is 308 g/mol. The summed E-state index contributed by atoms with van der Waals surface area (Å²) in [7, 11) is 1.78. The molecule has 0 radical (unpaired) electrons. The number of aliphatic hydroxyl groups excluding tert-OH is 1. The molecule has 1 N–H and O–H groups in total. The van der Waals surface area contributed by atoms with Gasteiger partial charge in [-0.25, -0.2) is 0 Å². The molecular formula is C17H22N4O3. The molecule has 1 fully saturated rings. The van der Waals surface area contributed by atoms with Gasteiger partial charge in [-0.1, -0.05) is 11.6 Å². The summed E-state index contributed by atoms with van der Waals surface area (Å²) in [4.78, 5) is 22.2. The molecule has 2 atom stereocenters. The largest absolute Gasteiger partial charge is 0.393 e. The van der Waals surface area contributed by atoms with Gasteiger partial charge < -0.3 is 14.5 Å². The van der Waals surface area contributed by atoms with Crippen LogP contribution < -0.4 is 0 Å². The Morgan fingerprint density at radius 1 is 1.46 bits per heavy atom. The van der Waals surface area contributed by atoms with E-state index in [0.717, 1.165) is 24.8 Å². The lowest BCUT2D eigenvalue weighted by atomic mass is 10.1. The number of aryl methyl sites for hydroxylation is 1. The van der Waals surface area contributed by atoms with Gasteiger partial charge in [-0.3, -0.25) is 9.78 Å². The van der Waals surface area contributed by atoms with Crippen molar-refractivity contribution < 1.29 is 14.4 Å². The van der Waals surface area contributed by atoms with Crippen molar-refractivity contribution in [1.29, 1.82) is 0 Å². The Morgan fingerprint density at radius 3 is 3.04 bits per heavy atom. The van der Waals surface area contributed by atoms with Crippen molar-refractivity contribution in [2.24, 2.45) is 5.92 Å². The van der Waals surface area contributed by atoms with Gasteiger partial charge in [-0.15, -0.1) is 0 Å². The Hall–Kier alpha value is -2.28. The van der Waals surface area contributed by atoms with Crippen molar-refractivity contribution >= 4 is 5.91 Å². The molecule has 0 aromatic carbocycles. The van der Waals surface area contributed by atoms with Crippen molar-refractivity contribution in [2.75, 3.05) is 13.6 Å². The average molecular weight is 330 g/mol. The molecule has 2 aromatic heterocycles. The van der Waals surface area contributed by atoms with Gasteiger partial charge in [-0.05, 0) is 25.0 Å². The summed E-state index contributed by atoms with van der Waals surface area (Å²) in [6, 6.07) is 3.66. The standard InChI is InChI=1S/C17H22N4O3/c1-21(11-13-4-2-6-14(13)22)16(23)8-7-15-19-17(20-24-15)12-5-3-9-18-10-12/h3,5,9-10,13-14,22H,2,4,6-8,11H2,1H3. The molecule has 7 heteroatoms. The minimum absolute atomic E-state index is 0.0234. The number of amides is 1. The highest BCUT2D eigenvalue weighted by molar-refractivity contribution is 5.76. The van der Waals surface area contributed by atoms with E-state index in [1.54, 1.807) is 30.4 Å². The first kappa shape index (κ1) is 16.6. The van der Waals surface area contributed by atoms with Crippen LogP contribution in [0.5, 0.6) is 0 Å². The van der Waals surface area contributed by atoms with Crippen molar-refractivity contribution in [1.82, 2.24) is 20.0 Å². The zero-order valence-electron chi connectivity index (χ0n) is 13.8. The van der Waals surface area contributed by atoms with Crippen LogP contribution in [0.2, 0.25) is 0 Å². The maximum atomic E-state index is 12.2. The topological polar surface area (TPSA) is 92.3 Å². The number of carbonyl (C=O) groups excluding carboxylic acids is 1. The summed E-state index contributed by atoms with van der Waals surface area (Å²) in [5, 5.41) is 13.8. The van der Waals surface area contributed by atoms with Crippen molar-refractivity contribution in [3.8, 4) is 11.4 Å². The van der Waals surface area contributed by atoms with Gasteiger partial charge in [0, 0.05) is 50.3 Å². The molecule has 128 valence electrons. The third-order valence-corrected chi connectivity index (χ3v) is 4.49. The highest BCUT2D eigenvalue weighted by Gasteiger charge is 2.27. The second-order valence-electron chi connectivity index (χ2n) is 6.29. The zero-order chi connectivity index (χ0) is 16.9. The van der Waals surface area contributed by atoms with Crippen LogP contribution in [0.4, 0.5) is 0 Å². The first-order valence-corrected chi connectivity index (χ1v) is 8.28. The van der Waals surface area contributed by atoms with Crippen LogP contribution in [0.3, 0.4) is 0 Å². The summed E-state index contributed by atoms with van der Waals surface area (Å²) in [6.45, 7) is 0.602. The predicted molar refractivity (Wildman–Crippen MR) is 86.8 cm³/mol. The van der Waals surface area contributed by atoms with Gasteiger partial charge in [0.15, 0.2) is 0 Å². The molecule has 7 nitrogen and oxygen atoms in total. The molecule has 0 aliphatic heterocycles. The van der Waals surface area contributed by atoms with Crippen LogP contribution >= 0.6 is 0 Å². The first-order chi connectivity index (χ1) is 11.6. The number of hydrogen-bond acceptors (Lipinski definition) is 6. The van der Waals surface area contributed by atoms with Gasteiger partial charge in [0.05, 0.1) is 6.10 Å². The van der Waals surface area contributed by atoms with Crippen LogP contribution in [-0.4, -0.2) is 50.7 Å². The van der Waals surface area contributed by atoms with Gasteiger partial charge in [-0.2, -0.15) is 4.98 Å². The highest BCUT2D eigenvalue weighted by Crippen LogP contribution is 2.26. The fourth-order valence-electron chi connectivity index (χ4n) is 3.06. The number of hydrogen-bond donors (Lipinski definition) is 1. The van der Waals surface area contributed by atoms with E-state index in [1.165, 1.54) is 0 Å². The molecule has 2 aromatic rings. The van der Waals surface area contributed by atoms with Crippen molar-refractivity contribution in [3.63, 3.8) is 0 Å². The van der Waals surface area contributed by atoms with Crippen LogP contribution in [0, 0.1) is 5.92 Å². The second-order valence-corrected chi connectivity index (χ2v) is 6.29. The smallest absolute Gasteiger partial charge is 0.227 e. The van der Waals surface area contributed by atoms with E-state index < -0.39 is 0 Å². The van der Waals surface area contributed by atoms with E-state index in [9.17, 15) is 9.90 Å². The van der Waals surface area contributed by atoms with Crippen LogP contribution in [0.15, 0.2) is 29.0 Å². The minimum atomic E-state index is -0.279. The fourth-order valence-corrected chi connectivity index (χ4v) is 3.06. The lowest BCUT2D eigenvalue weighted by Crippen LogP contribution is -2.34. The summed E-state index contributed by atoms with van der Waals surface area (Å²) < 4.78 is 5.20. The molecule has 2 heterocycles. The molecule has 0 bridgehead atoms. The lowest BCUT2D eigenvalue weighted by molar-refractivity contribution is -0.130. The van der Waals surface area contributed by atoms with E-state index in [1.807, 2.05) is 6.07 Å². The SMILES string of the molecule is CN(CC1CCCC1O)C(=O)CCc1nc(-c2cccnc2)no1. The number of carbonyl (C=O) groups is 1. The molecule has 1 saturated carbocycles. The molecule has 0 saturated heterocycles. The van der Waals surface area contributed by atoms with Gasteiger partial charge >= 0.3 is 0 Å². The Balaban J connectivity index is 1.50. The maximum absolute atomic E-state index is 12.2. The van der Waals surface area contributed by atoms with Gasteiger partial charge in [0.1, 0.15) is 0 Å².